The van der Waals surface area contributed by atoms with Crippen LogP contribution in [0.25, 0.3) is 10.9 Å². The van der Waals surface area contributed by atoms with Crippen LogP contribution in [0.3, 0.4) is 0 Å². The molecule has 9 heteroatoms. The Bertz CT molecular complexity index is 1060. The molecule has 0 atom stereocenters. The molecule has 0 aliphatic heterocycles. The van der Waals surface area contributed by atoms with Crippen LogP contribution in [0.4, 0.5) is 24.5 Å². The minimum absolute atomic E-state index is 0.0176. The monoisotopic (exact) mass is 392 g/mol. The van der Waals surface area contributed by atoms with E-state index in [-0.39, 0.29) is 22.1 Å². The van der Waals surface area contributed by atoms with E-state index < -0.39 is 11.7 Å². The molecule has 0 amide bonds. The first-order chi connectivity index (χ1) is 12.7. The second-order valence-corrected chi connectivity index (χ2v) is 6.35. The summed E-state index contributed by atoms with van der Waals surface area (Å²) in [5.74, 6) is -0.300. The third-order valence-corrected chi connectivity index (χ3v) is 4.16. The lowest BCUT2D eigenvalue weighted by atomic mass is 10.1. The second kappa shape index (κ2) is 6.99. The van der Waals surface area contributed by atoms with E-state index in [1.165, 1.54) is 17.7 Å². The fourth-order valence-corrected chi connectivity index (χ4v) is 2.81. The molecule has 140 valence electrons. The van der Waals surface area contributed by atoms with E-state index in [1.54, 1.807) is 6.07 Å². The third kappa shape index (κ3) is 3.92. The molecule has 27 heavy (non-hydrogen) atoms. The summed E-state index contributed by atoms with van der Waals surface area (Å²) in [6.45, 7) is 1.92. The van der Waals surface area contributed by atoms with Crippen LogP contribution < -0.4 is 5.32 Å². The number of fused-ring (bicyclic) bond motifs is 1. The Morgan fingerprint density at radius 3 is 2.59 bits per heavy atom. The van der Waals surface area contributed by atoms with Gasteiger partial charge in [0.05, 0.1) is 11.1 Å². The van der Waals surface area contributed by atoms with Crippen LogP contribution in [-0.4, -0.2) is 14.8 Å². The highest BCUT2D eigenvalue weighted by Crippen LogP contribution is 2.41. The minimum Gasteiger partial charge on any atom is -0.493 e. The van der Waals surface area contributed by atoms with Gasteiger partial charge in [0.2, 0.25) is 11.0 Å². The van der Waals surface area contributed by atoms with E-state index in [0.717, 1.165) is 17.7 Å². The van der Waals surface area contributed by atoms with Crippen molar-refractivity contribution in [2.45, 2.75) is 13.1 Å². The number of alkyl halides is 3. The molecule has 0 saturated heterocycles. The van der Waals surface area contributed by atoms with Gasteiger partial charge in [0.25, 0.3) is 0 Å². The van der Waals surface area contributed by atoms with Gasteiger partial charge in [0.1, 0.15) is 0 Å². The molecular formula is C18H15F3N4OS. The standard InChI is InChI=1S/C18H15F3N4OS/c1-10-4-3-5-12(8-10)22-17(27)24-23-15-13-9-11(18(19,20)21)6-7-14(13)25(2)16(15)26/h3-9,26H,1-2H3,(H,22,27). The van der Waals surface area contributed by atoms with E-state index in [0.29, 0.717) is 11.2 Å². The number of hydrogen-bond acceptors (Lipinski definition) is 3. The summed E-state index contributed by atoms with van der Waals surface area (Å²) >= 11 is 5.10. The molecule has 1 heterocycles. The lowest BCUT2D eigenvalue weighted by Crippen LogP contribution is -2.05. The maximum Gasteiger partial charge on any atom is 0.416 e. The number of thiocarbonyl (C=S) groups is 1. The van der Waals surface area contributed by atoms with Gasteiger partial charge in [-0.1, -0.05) is 12.1 Å². The van der Waals surface area contributed by atoms with Crippen LogP contribution in [-0.2, 0) is 13.2 Å². The number of benzene rings is 2. The number of azo groups is 1. The van der Waals surface area contributed by atoms with Gasteiger partial charge in [0, 0.05) is 18.1 Å². The molecule has 0 radical (unpaired) electrons. The Hall–Kier alpha value is -2.94. The van der Waals surface area contributed by atoms with Crippen molar-refractivity contribution in [1.82, 2.24) is 4.57 Å². The Balaban J connectivity index is 1.94. The van der Waals surface area contributed by atoms with Crippen LogP contribution in [0.1, 0.15) is 11.1 Å². The maximum absolute atomic E-state index is 13.0. The number of hydrogen-bond donors (Lipinski definition) is 2. The minimum atomic E-state index is -4.50. The van der Waals surface area contributed by atoms with Crippen molar-refractivity contribution in [3.63, 3.8) is 0 Å². The summed E-state index contributed by atoms with van der Waals surface area (Å²) in [4.78, 5) is 0. The number of nitrogens with zero attached hydrogens (tertiary/aromatic N) is 3. The molecule has 0 unspecified atom stereocenters. The van der Waals surface area contributed by atoms with Gasteiger partial charge in [0.15, 0.2) is 5.69 Å². The molecule has 0 spiro atoms. The molecule has 3 rings (SSSR count). The first-order valence-corrected chi connectivity index (χ1v) is 8.25. The van der Waals surface area contributed by atoms with Crippen molar-refractivity contribution in [3.05, 3.63) is 53.6 Å². The normalized spacial score (nSPS) is 12.0. The average molecular weight is 392 g/mol. The summed E-state index contributed by atoms with van der Waals surface area (Å²) in [6, 6.07) is 10.6. The molecular weight excluding hydrogens is 377 g/mol. The SMILES string of the molecule is Cc1cccc(NC(=S)N=Nc2c(O)n(C)c3ccc(C(F)(F)F)cc23)c1. The smallest absolute Gasteiger partial charge is 0.416 e. The summed E-state index contributed by atoms with van der Waals surface area (Å²) in [7, 11) is 1.52. The predicted octanol–water partition coefficient (Wildman–Crippen LogP) is 5.69. The number of nitrogens with one attached hydrogen (secondary N) is 1. The van der Waals surface area contributed by atoms with E-state index in [9.17, 15) is 18.3 Å². The highest BCUT2D eigenvalue weighted by Gasteiger charge is 2.31. The molecule has 2 aromatic carbocycles. The number of halogens is 3. The summed E-state index contributed by atoms with van der Waals surface area (Å²) in [5, 5.41) is 20.9. The van der Waals surface area contributed by atoms with Gasteiger partial charge in [-0.05, 0) is 55.0 Å². The lowest BCUT2D eigenvalue weighted by Gasteiger charge is -2.06. The lowest BCUT2D eigenvalue weighted by molar-refractivity contribution is -0.137. The van der Waals surface area contributed by atoms with Crippen molar-refractivity contribution >= 4 is 39.6 Å². The van der Waals surface area contributed by atoms with E-state index in [1.807, 2.05) is 25.1 Å². The van der Waals surface area contributed by atoms with Crippen LogP contribution in [0, 0.1) is 6.92 Å². The Kier molecular flexibility index (Phi) is 4.88. The van der Waals surface area contributed by atoms with E-state index >= 15 is 0 Å². The van der Waals surface area contributed by atoms with Gasteiger partial charge in [-0.2, -0.15) is 13.2 Å². The predicted molar refractivity (Wildman–Crippen MR) is 102 cm³/mol. The quantitative estimate of drug-likeness (QED) is 0.435. The van der Waals surface area contributed by atoms with Crippen molar-refractivity contribution in [3.8, 4) is 5.88 Å². The molecule has 0 aliphatic rings. The second-order valence-electron chi connectivity index (χ2n) is 5.96. The molecule has 1 aromatic heterocycles. The average Bonchev–Trinajstić information content (AvgIpc) is 2.83. The number of anilines is 1. The molecule has 0 bridgehead atoms. The van der Waals surface area contributed by atoms with Crippen LogP contribution >= 0.6 is 12.2 Å². The van der Waals surface area contributed by atoms with Crippen molar-refractivity contribution in [2.24, 2.45) is 17.3 Å². The molecule has 3 aromatic rings. The first-order valence-electron chi connectivity index (χ1n) is 7.85. The third-order valence-electron chi connectivity index (χ3n) is 3.98. The van der Waals surface area contributed by atoms with Crippen molar-refractivity contribution in [2.75, 3.05) is 5.32 Å². The highest BCUT2D eigenvalue weighted by atomic mass is 32.1. The van der Waals surface area contributed by atoms with Crippen LogP contribution in [0.15, 0.2) is 52.7 Å². The first kappa shape index (κ1) is 18.8. The van der Waals surface area contributed by atoms with Crippen molar-refractivity contribution in [1.29, 1.82) is 0 Å². The number of aromatic nitrogens is 1. The summed E-state index contributed by atoms with van der Waals surface area (Å²) in [6.07, 6.45) is -4.50. The summed E-state index contributed by atoms with van der Waals surface area (Å²) < 4.78 is 40.3. The van der Waals surface area contributed by atoms with Gasteiger partial charge in [-0.25, -0.2) is 0 Å². The molecule has 5 nitrogen and oxygen atoms in total. The fourth-order valence-electron chi connectivity index (χ4n) is 2.65. The largest absolute Gasteiger partial charge is 0.493 e. The molecule has 2 N–H and O–H groups in total. The maximum atomic E-state index is 13.0. The van der Waals surface area contributed by atoms with Gasteiger partial charge in [-0.15, -0.1) is 10.2 Å². The summed E-state index contributed by atoms with van der Waals surface area (Å²) in [5.41, 5.74) is 1.21. The molecule has 0 fully saturated rings. The zero-order valence-corrected chi connectivity index (χ0v) is 15.2. The fraction of sp³-hybridized carbons (Fsp3) is 0.167. The van der Waals surface area contributed by atoms with Gasteiger partial charge >= 0.3 is 6.18 Å². The zero-order valence-electron chi connectivity index (χ0n) is 14.4. The van der Waals surface area contributed by atoms with Crippen LogP contribution in [0.2, 0.25) is 0 Å². The topological polar surface area (TPSA) is 61.9 Å². The Labute approximate surface area is 158 Å². The van der Waals surface area contributed by atoms with Gasteiger partial charge < -0.3 is 15.0 Å². The van der Waals surface area contributed by atoms with Gasteiger partial charge in [-0.3, -0.25) is 0 Å². The van der Waals surface area contributed by atoms with E-state index in [2.05, 4.69) is 15.5 Å². The molecule has 0 saturated carbocycles. The number of rotatable bonds is 2. The Morgan fingerprint density at radius 1 is 1.19 bits per heavy atom. The highest BCUT2D eigenvalue weighted by molar-refractivity contribution is 7.80. The van der Waals surface area contributed by atoms with E-state index in [4.69, 9.17) is 12.2 Å². The van der Waals surface area contributed by atoms with Crippen molar-refractivity contribution < 1.29 is 18.3 Å². The van der Waals surface area contributed by atoms with Crippen LogP contribution in [0.5, 0.6) is 5.88 Å². The Morgan fingerprint density at radius 2 is 1.93 bits per heavy atom. The number of aromatic hydroxyl groups is 1. The zero-order chi connectivity index (χ0) is 19.8. The number of aryl methyl sites for hydroxylation is 2. The molecule has 0 aliphatic carbocycles.